The number of hydrogen-bond acceptors (Lipinski definition) is 1. The van der Waals surface area contributed by atoms with E-state index in [1.165, 1.54) is 33.4 Å². The Labute approximate surface area is 169 Å². The van der Waals surface area contributed by atoms with Gasteiger partial charge in [0, 0.05) is 17.2 Å². The number of aromatic nitrogens is 1. The zero-order chi connectivity index (χ0) is 20.3. The van der Waals surface area contributed by atoms with Crippen molar-refractivity contribution < 1.29 is 0 Å². The second-order valence-corrected chi connectivity index (χ2v) is 10.2. The first-order valence-electron chi connectivity index (χ1n) is 10.3. The van der Waals surface area contributed by atoms with E-state index in [2.05, 4.69) is 103 Å². The number of rotatable bonds is 1. The van der Waals surface area contributed by atoms with Gasteiger partial charge in [0.05, 0.1) is 5.69 Å². The zero-order valence-corrected chi connectivity index (χ0v) is 18.2. The van der Waals surface area contributed by atoms with E-state index in [0.717, 1.165) is 5.69 Å². The molecular weight excluding hydrogens is 338 g/mol. The van der Waals surface area contributed by atoms with Crippen LogP contribution in [0.4, 0.5) is 0 Å². The minimum absolute atomic E-state index is 0.0211. The highest BCUT2D eigenvalue weighted by Gasteiger charge is 2.46. The van der Waals surface area contributed by atoms with Crippen LogP contribution < -0.4 is 0 Å². The third-order valence-corrected chi connectivity index (χ3v) is 7.04. The SMILES string of the molecule is CC(C)(C)c1ccnc(-c2cccc3c2C(C)(C)C(C)(C)c2ccccc2-3)c1. The number of fused-ring (bicyclic) bond motifs is 3. The van der Waals surface area contributed by atoms with Crippen LogP contribution in [-0.4, -0.2) is 4.98 Å². The fourth-order valence-electron chi connectivity index (χ4n) is 4.62. The van der Waals surface area contributed by atoms with Gasteiger partial charge in [0.1, 0.15) is 0 Å². The molecule has 0 aliphatic heterocycles. The molecule has 0 saturated carbocycles. The summed E-state index contributed by atoms with van der Waals surface area (Å²) in [5.74, 6) is 0. The molecule has 0 amide bonds. The molecule has 0 saturated heterocycles. The molecule has 0 bridgehead atoms. The van der Waals surface area contributed by atoms with Gasteiger partial charge in [0.15, 0.2) is 0 Å². The molecule has 2 aromatic carbocycles. The Morgan fingerprint density at radius 3 is 2.07 bits per heavy atom. The highest BCUT2D eigenvalue weighted by Crippen LogP contribution is 2.55. The summed E-state index contributed by atoms with van der Waals surface area (Å²) in [6.45, 7) is 16.3. The minimum Gasteiger partial charge on any atom is -0.256 e. The van der Waals surface area contributed by atoms with Crippen molar-refractivity contribution in [2.24, 2.45) is 0 Å². The highest BCUT2D eigenvalue weighted by molar-refractivity contribution is 5.84. The molecule has 1 heterocycles. The van der Waals surface area contributed by atoms with Crippen LogP contribution in [0, 0.1) is 0 Å². The molecule has 3 aromatic rings. The van der Waals surface area contributed by atoms with E-state index in [1.54, 1.807) is 0 Å². The van der Waals surface area contributed by atoms with Crippen molar-refractivity contribution in [3.63, 3.8) is 0 Å². The van der Waals surface area contributed by atoms with E-state index >= 15 is 0 Å². The van der Waals surface area contributed by atoms with Crippen molar-refractivity contribution in [3.8, 4) is 22.4 Å². The Bertz CT molecular complexity index is 1050. The lowest BCUT2D eigenvalue weighted by atomic mass is 9.54. The molecule has 1 nitrogen and oxygen atoms in total. The molecule has 1 aromatic heterocycles. The summed E-state index contributed by atoms with van der Waals surface area (Å²) in [4.78, 5) is 4.80. The first-order chi connectivity index (χ1) is 13.0. The first-order valence-corrected chi connectivity index (χ1v) is 10.3. The maximum Gasteiger partial charge on any atom is 0.0708 e. The van der Waals surface area contributed by atoms with Gasteiger partial charge in [0.25, 0.3) is 0 Å². The van der Waals surface area contributed by atoms with Gasteiger partial charge < -0.3 is 0 Å². The molecular formula is C27H31N. The summed E-state index contributed by atoms with van der Waals surface area (Å²) >= 11 is 0. The largest absolute Gasteiger partial charge is 0.256 e. The Kier molecular flexibility index (Phi) is 4.08. The van der Waals surface area contributed by atoms with Crippen molar-refractivity contribution in [1.82, 2.24) is 4.98 Å². The predicted molar refractivity (Wildman–Crippen MR) is 120 cm³/mol. The lowest BCUT2D eigenvalue weighted by Gasteiger charge is -2.49. The van der Waals surface area contributed by atoms with Gasteiger partial charge in [-0.25, -0.2) is 0 Å². The smallest absolute Gasteiger partial charge is 0.0708 e. The van der Waals surface area contributed by atoms with Gasteiger partial charge in [-0.1, -0.05) is 90.9 Å². The third-order valence-electron chi connectivity index (χ3n) is 7.04. The quantitative estimate of drug-likeness (QED) is 0.439. The fourth-order valence-corrected chi connectivity index (χ4v) is 4.62. The first kappa shape index (κ1) is 18.9. The van der Waals surface area contributed by atoms with Crippen LogP contribution in [-0.2, 0) is 16.2 Å². The molecule has 0 spiro atoms. The van der Waals surface area contributed by atoms with Crippen molar-refractivity contribution in [2.75, 3.05) is 0 Å². The third kappa shape index (κ3) is 2.64. The Hall–Kier alpha value is -2.41. The molecule has 1 aliphatic carbocycles. The monoisotopic (exact) mass is 369 g/mol. The van der Waals surface area contributed by atoms with Gasteiger partial charge in [-0.3, -0.25) is 4.98 Å². The Morgan fingerprint density at radius 1 is 0.714 bits per heavy atom. The standard InChI is InChI=1S/C27H31N/c1-25(2,3)18-15-16-28-23(17-18)21-13-10-12-20-19-11-8-9-14-22(19)26(4,5)27(6,7)24(20)21/h8-17H,1-7H3. The van der Waals surface area contributed by atoms with E-state index in [4.69, 9.17) is 4.98 Å². The molecule has 1 aliphatic rings. The summed E-state index contributed by atoms with van der Waals surface area (Å²) in [5, 5.41) is 0. The lowest BCUT2D eigenvalue weighted by molar-refractivity contribution is 0.300. The summed E-state index contributed by atoms with van der Waals surface area (Å²) in [6, 6.07) is 20.0. The van der Waals surface area contributed by atoms with Crippen LogP contribution in [0.5, 0.6) is 0 Å². The predicted octanol–water partition coefficient (Wildman–Crippen LogP) is 7.28. The molecule has 0 atom stereocenters. The van der Waals surface area contributed by atoms with Crippen molar-refractivity contribution in [3.05, 3.63) is 77.5 Å². The maximum atomic E-state index is 4.80. The van der Waals surface area contributed by atoms with Crippen LogP contribution in [0.1, 0.15) is 65.2 Å². The van der Waals surface area contributed by atoms with Crippen molar-refractivity contribution in [1.29, 1.82) is 0 Å². The van der Waals surface area contributed by atoms with E-state index in [9.17, 15) is 0 Å². The molecule has 28 heavy (non-hydrogen) atoms. The number of hydrogen-bond donors (Lipinski definition) is 0. The van der Waals surface area contributed by atoms with Gasteiger partial charge in [-0.05, 0) is 50.8 Å². The summed E-state index contributed by atoms with van der Waals surface area (Å²) in [6.07, 6.45) is 1.96. The lowest BCUT2D eigenvalue weighted by Crippen LogP contribution is -2.44. The van der Waals surface area contributed by atoms with Gasteiger partial charge in [0.2, 0.25) is 0 Å². The van der Waals surface area contributed by atoms with Gasteiger partial charge in [-0.2, -0.15) is 0 Å². The van der Waals surface area contributed by atoms with Crippen LogP contribution in [0.15, 0.2) is 60.8 Å². The van der Waals surface area contributed by atoms with Crippen LogP contribution >= 0.6 is 0 Å². The normalized spacial score (nSPS) is 17.0. The number of pyridine rings is 1. The van der Waals surface area contributed by atoms with E-state index in [0.29, 0.717) is 0 Å². The fraction of sp³-hybridized carbons (Fsp3) is 0.370. The maximum absolute atomic E-state index is 4.80. The molecule has 0 radical (unpaired) electrons. The second kappa shape index (κ2) is 6.04. The zero-order valence-electron chi connectivity index (χ0n) is 18.2. The van der Waals surface area contributed by atoms with E-state index < -0.39 is 0 Å². The number of nitrogens with zero attached hydrogens (tertiary/aromatic N) is 1. The topological polar surface area (TPSA) is 12.9 Å². The van der Waals surface area contributed by atoms with Gasteiger partial charge >= 0.3 is 0 Å². The van der Waals surface area contributed by atoms with E-state index in [1.807, 2.05) is 6.20 Å². The molecule has 144 valence electrons. The van der Waals surface area contributed by atoms with Crippen molar-refractivity contribution >= 4 is 0 Å². The average molecular weight is 370 g/mol. The Morgan fingerprint density at radius 2 is 1.36 bits per heavy atom. The minimum atomic E-state index is -0.0211. The summed E-state index contributed by atoms with van der Waals surface area (Å²) in [7, 11) is 0. The average Bonchev–Trinajstić information content (AvgIpc) is 2.66. The Balaban J connectivity index is 2.04. The molecule has 0 N–H and O–H groups in total. The second-order valence-electron chi connectivity index (χ2n) is 10.2. The van der Waals surface area contributed by atoms with Crippen LogP contribution in [0.2, 0.25) is 0 Å². The van der Waals surface area contributed by atoms with Gasteiger partial charge in [-0.15, -0.1) is 0 Å². The summed E-state index contributed by atoms with van der Waals surface area (Å²) < 4.78 is 0. The number of benzene rings is 2. The molecule has 0 fully saturated rings. The molecule has 4 rings (SSSR count). The summed E-state index contributed by atoms with van der Waals surface area (Å²) in [5.41, 5.74) is 9.32. The van der Waals surface area contributed by atoms with E-state index in [-0.39, 0.29) is 16.2 Å². The van der Waals surface area contributed by atoms with Crippen molar-refractivity contribution in [2.45, 2.75) is 64.7 Å². The van der Waals surface area contributed by atoms with Crippen LogP contribution in [0.3, 0.4) is 0 Å². The molecule has 0 unspecified atom stereocenters. The highest BCUT2D eigenvalue weighted by atomic mass is 14.7. The molecule has 1 heteroatoms. The van der Waals surface area contributed by atoms with Crippen LogP contribution in [0.25, 0.3) is 22.4 Å².